The molecule has 1 aromatic heterocycles. The fourth-order valence-corrected chi connectivity index (χ4v) is 5.15. The van der Waals surface area contributed by atoms with Crippen molar-refractivity contribution >= 4 is 32.8 Å². The molecule has 0 saturated carbocycles. The average molecular weight is 458 g/mol. The number of nitrogens with zero attached hydrogens (tertiary/aromatic N) is 1. The van der Waals surface area contributed by atoms with Gasteiger partial charge in [-0.15, -0.1) is 0 Å². The van der Waals surface area contributed by atoms with Crippen LogP contribution in [0.1, 0.15) is 41.8 Å². The lowest BCUT2D eigenvalue weighted by Crippen LogP contribution is -2.11. The number of carbonyl (C=O) groups excluding carboxylic acids is 1. The average Bonchev–Trinajstić information content (AvgIpc) is 3.21. The first-order valence-corrected chi connectivity index (χ1v) is 12.5. The molecule has 0 saturated heterocycles. The maximum Gasteiger partial charge on any atom is 0.268 e. The predicted molar refractivity (Wildman–Crippen MR) is 134 cm³/mol. The van der Waals surface area contributed by atoms with Crippen molar-refractivity contribution in [2.24, 2.45) is 5.92 Å². The first kappa shape index (κ1) is 22.7. The number of hydrogen-bond acceptors (Lipinski definition) is 3. The molecule has 0 aliphatic carbocycles. The largest absolute Gasteiger partial charge is 0.289 e. The molecule has 4 nitrogen and oxygen atoms in total. The Hall–Kier alpha value is -3.44. The van der Waals surface area contributed by atoms with Gasteiger partial charge in [0.05, 0.1) is 10.4 Å². The number of carbonyl (C=O) groups is 1. The zero-order valence-electron chi connectivity index (χ0n) is 18.8. The van der Waals surface area contributed by atoms with E-state index in [0.717, 1.165) is 23.8 Å². The molecule has 4 aromatic rings. The fourth-order valence-electron chi connectivity index (χ4n) is 3.77. The first-order valence-electron chi connectivity index (χ1n) is 11.1. The topological polar surface area (TPSA) is 56.1 Å². The minimum absolute atomic E-state index is 0.132. The fraction of sp³-hybridized carbons (Fsp3) is 0.179. The van der Waals surface area contributed by atoms with Crippen LogP contribution in [0.25, 0.3) is 17.0 Å². The van der Waals surface area contributed by atoms with Gasteiger partial charge < -0.3 is 0 Å². The van der Waals surface area contributed by atoms with Gasteiger partial charge in [0, 0.05) is 22.7 Å². The second kappa shape index (κ2) is 9.59. The van der Waals surface area contributed by atoms with Gasteiger partial charge in [-0.25, -0.2) is 12.4 Å². The number of benzene rings is 3. The van der Waals surface area contributed by atoms with Crippen molar-refractivity contribution in [3.05, 3.63) is 108 Å². The molecule has 0 aliphatic rings. The third-order valence-electron chi connectivity index (χ3n) is 5.67. The molecule has 1 heterocycles. The maximum absolute atomic E-state index is 13.5. The Morgan fingerprint density at radius 3 is 2.27 bits per heavy atom. The van der Waals surface area contributed by atoms with Gasteiger partial charge in [-0.1, -0.05) is 74.5 Å². The second-order valence-corrected chi connectivity index (χ2v) is 10.4. The Balaban J connectivity index is 1.68. The van der Waals surface area contributed by atoms with E-state index in [0.29, 0.717) is 22.6 Å². The molecule has 4 rings (SSSR count). The van der Waals surface area contributed by atoms with Crippen LogP contribution in [0.4, 0.5) is 0 Å². The van der Waals surface area contributed by atoms with E-state index in [1.165, 1.54) is 10.0 Å². The molecule has 0 amide bonds. The molecule has 5 heteroatoms. The molecular formula is C28H27NO3S. The minimum atomic E-state index is -3.79. The summed E-state index contributed by atoms with van der Waals surface area (Å²) in [4.78, 5) is 12.7. The highest BCUT2D eigenvalue weighted by Crippen LogP contribution is 2.27. The predicted octanol–water partition coefficient (Wildman–Crippen LogP) is 6.36. The van der Waals surface area contributed by atoms with Crippen molar-refractivity contribution in [2.75, 3.05) is 0 Å². The summed E-state index contributed by atoms with van der Waals surface area (Å²) in [6.45, 7) is 4.35. The Morgan fingerprint density at radius 1 is 0.909 bits per heavy atom. The molecule has 0 unspecified atom stereocenters. The van der Waals surface area contributed by atoms with Crippen LogP contribution in [0.3, 0.4) is 0 Å². The maximum atomic E-state index is 13.5. The van der Waals surface area contributed by atoms with Gasteiger partial charge in [0.15, 0.2) is 5.78 Å². The summed E-state index contributed by atoms with van der Waals surface area (Å²) < 4.78 is 28.2. The highest BCUT2D eigenvalue weighted by Gasteiger charge is 2.20. The van der Waals surface area contributed by atoms with Gasteiger partial charge in [0.2, 0.25) is 0 Å². The van der Waals surface area contributed by atoms with E-state index in [-0.39, 0.29) is 10.7 Å². The molecule has 0 bridgehead atoms. The summed E-state index contributed by atoms with van der Waals surface area (Å²) in [5.74, 6) is 0.465. The summed E-state index contributed by atoms with van der Waals surface area (Å²) in [6.07, 6.45) is 6.73. The van der Waals surface area contributed by atoms with E-state index < -0.39 is 10.0 Å². The van der Waals surface area contributed by atoms with Crippen LogP contribution in [0.2, 0.25) is 0 Å². The number of fused-ring (bicyclic) bond motifs is 1. The van der Waals surface area contributed by atoms with E-state index in [9.17, 15) is 13.2 Å². The Labute approximate surface area is 195 Å². The smallest absolute Gasteiger partial charge is 0.268 e. The quantitative estimate of drug-likeness (QED) is 0.228. The third kappa shape index (κ3) is 4.99. The van der Waals surface area contributed by atoms with Gasteiger partial charge in [-0.3, -0.25) is 4.79 Å². The lowest BCUT2D eigenvalue weighted by atomic mass is 10.0. The number of allylic oxidation sites excluding steroid dienone is 1. The molecule has 0 aliphatic heterocycles. The molecular weight excluding hydrogens is 430 g/mol. The Kier molecular flexibility index (Phi) is 6.61. The number of hydrogen-bond donors (Lipinski definition) is 0. The monoisotopic (exact) mass is 457 g/mol. The van der Waals surface area contributed by atoms with Crippen LogP contribution in [-0.4, -0.2) is 18.2 Å². The number of ketones is 1. The van der Waals surface area contributed by atoms with Crippen LogP contribution in [-0.2, 0) is 16.4 Å². The second-order valence-electron chi connectivity index (χ2n) is 8.54. The van der Waals surface area contributed by atoms with Crippen LogP contribution >= 0.6 is 0 Å². The van der Waals surface area contributed by atoms with Crippen molar-refractivity contribution in [2.45, 2.75) is 31.6 Å². The molecule has 33 heavy (non-hydrogen) atoms. The molecule has 3 aromatic carbocycles. The van der Waals surface area contributed by atoms with Crippen molar-refractivity contribution < 1.29 is 13.2 Å². The van der Waals surface area contributed by atoms with E-state index in [2.05, 4.69) is 13.8 Å². The van der Waals surface area contributed by atoms with Gasteiger partial charge in [-0.2, -0.15) is 0 Å². The van der Waals surface area contributed by atoms with Gasteiger partial charge >= 0.3 is 0 Å². The molecule has 168 valence electrons. The standard InChI is InChI=1S/C28H27NO3S/c1-21(2)12-13-22-14-17-25(18-15-22)33(31,32)29-20-24(26-10-6-7-11-27(26)29)16-19-28(30)23-8-4-3-5-9-23/h3-11,14-21H,12-13H2,1-2H3/b19-16+. The van der Waals surface area contributed by atoms with Crippen molar-refractivity contribution in [3.63, 3.8) is 0 Å². The zero-order valence-corrected chi connectivity index (χ0v) is 19.6. The Morgan fingerprint density at radius 2 is 1.58 bits per heavy atom. The number of rotatable bonds is 8. The Bertz CT molecular complexity index is 1400. The van der Waals surface area contributed by atoms with Crippen molar-refractivity contribution in [3.8, 4) is 0 Å². The summed E-state index contributed by atoms with van der Waals surface area (Å²) in [5.41, 5.74) is 2.96. The molecule has 0 fully saturated rings. The van der Waals surface area contributed by atoms with Gasteiger partial charge in [-0.05, 0) is 54.7 Å². The summed E-state index contributed by atoms with van der Waals surface area (Å²) >= 11 is 0. The van der Waals surface area contributed by atoms with Crippen LogP contribution in [0.5, 0.6) is 0 Å². The van der Waals surface area contributed by atoms with Crippen LogP contribution in [0.15, 0.2) is 96.0 Å². The normalized spacial score (nSPS) is 12.1. The summed E-state index contributed by atoms with van der Waals surface area (Å²) in [6, 6.07) is 23.4. The van der Waals surface area contributed by atoms with Crippen molar-refractivity contribution in [1.82, 2.24) is 3.97 Å². The zero-order chi connectivity index (χ0) is 23.4. The lowest BCUT2D eigenvalue weighted by molar-refractivity contribution is 0.104. The number of aromatic nitrogens is 1. The number of aryl methyl sites for hydroxylation is 1. The highest BCUT2D eigenvalue weighted by atomic mass is 32.2. The lowest BCUT2D eigenvalue weighted by Gasteiger charge is -2.09. The summed E-state index contributed by atoms with van der Waals surface area (Å²) in [7, 11) is -3.79. The van der Waals surface area contributed by atoms with E-state index >= 15 is 0 Å². The van der Waals surface area contributed by atoms with Crippen LogP contribution < -0.4 is 0 Å². The third-order valence-corrected chi connectivity index (χ3v) is 7.36. The molecule has 0 radical (unpaired) electrons. The van der Waals surface area contributed by atoms with E-state index in [1.807, 2.05) is 48.5 Å². The molecule has 0 N–H and O–H groups in total. The first-order chi connectivity index (χ1) is 15.9. The van der Waals surface area contributed by atoms with Gasteiger partial charge in [0.1, 0.15) is 0 Å². The number of para-hydroxylation sites is 1. The van der Waals surface area contributed by atoms with Crippen molar-refractivity contribution in [1.29, 1.82) is 0 Å². The minimum Gasteiger partial charge on any atom is -0.289 e. The van der Waals surface area contributed by atoms with E-state index in [4.69, 9.17) is 0 Å². The van der Waals surface area contributed by atoms with Crippen LogP contribution in [0, 0.1) is 5.92 Å². The van der Waals surface area contributed by atoms with E-state index in [1.54, 1.807) is 42.6 Å². The SMILES string of the molecule is CC(C)CCc1ccc(S(=O)(=O)n2cc(/C=C/C(=O)c3ccccc3)c3ccccc32)cc1. The molecule has 0 spiro atoms. The van der Waals surface area contributed by atoms with Gasteiger partial charge in [0.25, 0.3) is 10.0 Å². The molecule has 0 atom stereocenters. The summed E-state index contributed by atoms with van der Waals surface area (Å²) in [5, 5.41) is 0.770. The highest BCUT2D eigenvalue weighted by molar-refractivity contribution is 7.90.